The Morgan fingerprint density at radius 1 is 1.12 bits per heavy atom. The number of ether oxygens (including phenoxy) is 2. The van der Waals surface area contributed by atoms with E-state index < -0.39 is 17.1 Å². The fourth-order valence-corrected chi connectivity index (χ4v) is 7.50. The second kappa shape index (κ2) is 4.66. The number of carbonyl (C=O) groups is 2. The standard InChI is InChI=1S/C20H28O5/c1-10-11-4-5-12-19(8-11,15(10)21)16(22)25-14-6-7-18(2,3)13-9-24-17(23)20(12,13)14/h10-14,17,23H,4-9H2,1-3H3/t10-,11?,12-,13-,14+,17-,19?,20?/m1/s1. The van der Waals surface area contributed by atoms with Crippen molar-refractivity contribution in [2.45, 2.75) is 65.3 Å². The van der Waals surface area contributed by atoms with E-state index in [9.17, 15) is 14.7 Å². The first kappa shape index (κ1) is 16.2. The molecule has 25 heavy (non-hydrogen) atoms. The number of carbonyl (C=O) groups excluding carboxylic acids is 2. The Morgan fingerprint density at radius 2 is 1.88 bits per heavy atom. The molecule has 5 aliphatic rings. The highest BCUT2D eigenvalue weighted by atomic mass is 16.6. The molecule has 1 N–H and O–H groups in total. The van der Waals surface area contributed by atoms with Crippen molar-refractivity contribution in [2.75, 3.05) is 6.61 Å². The summed E-state index contributed by atoms with van der Waals surface area (Å²) < 4.78 is 11.8. The summed E-state index contributed by atoms with van der Waals surface area (Å²) in [5, 5.41) is 11.0. The number of rotatable bonds is 0. The van der Waals surface area contributed by atoms with Gasteiger partial charge in [-0.2, -0.15) is 0 Å². The quantitative estimate of drug-likeness (QED) is 0.537. The molecular weight excluding hydrogens is 320 g/mol. The normalized spacial score (nSPS) is 56.0. The molecule has 5 heteroatoms. The second-order valence-electron chi connectivity index (χ2n) is 9.88. The zero-order valence-electron chi connectivity index (χ0n) is 15.3. The molecule has 138 valence electrons. The van der Waals surface area contributed by atoms with Crippen LogP contribution in [0.25, 0.3) is 0 Å². The summed E-state index contributed by atoms with van der Waals surface area (Å²) in [6.07, 6.45) is 2.80. The number of ketones is 1. The lowest BCUT2D eigenvalue weighted by atomic mass is 9.44. The maximum absolute atomic E-state index is 13.3. The van der Waals surface area contributed by atoms with E-state index in [0.717, 1.165) is 25.7 Å². The summed E-state index contributed by atoms with van der Waals surface area (Å²) >= 11 is 0. The zero-order valence-corrected chi connectivity index (χ0v) is 15.3. The Bertz CT molecular complexity index is 656. The zero-order chi connectivity index (χ0) is 17.8. The van der Waals surface area contributed by atoms with Crippen molar-refractivity contribution in [2.24, 2.45) is 39.9 Å². The van der Waals surface area contributed by atoms with Gasteiger partial charge in [0.05, 0.1) is 12.0 Å². The Kier molecular flexibility index (Phi) is 3.03. The van der Waals surface area contributed by atoms with Crippen molar-refractivity contribution in [1.29, 1.82) is 0 Å². The number of aliphatic hydroxyl groups is 1. The summed E-state index contributed by atoms with van der Waals surface area (Å²) in [7, 11) is 0. The molecule has 8 atom stereocenters. The van der Waals surface area contributed by atoms with Gasteiger partial charge in [0.15, 0.2) is 12.1 Å². The third-order valence-electron chi connectivity index (χ3n) is 8.79. The Labute approximate surface area is 148 Å². The van der Waals surface area contributed by atoms with Crippen LogP contribution in [0.2, 0.25) is 0 Å². The molecule has 0 amide bonds. The van der Waals surface area contributed by atoms with Crippen molar-refractivity contribution in [1.82, 2.24) is 0 Å². The van der Waals surface area contributed by atoms with E-state index in [2.05, 4.69) is 13.8 Å². The van der Waals surface area contributed by atoms with Gasteiger partial charge in [-0.1, -0.05) is 20.8 Å². The van der Waals surface area contributed by atoms with Crippen LogP contribution in [0.1, 0.15) is 52.9 Å². The van der Waals surface area contributed by atoms with Crippen LogP contribution in [0.15, 0.2) is 0 Å². The molecule has 0 aromatic carbocycles. The van der Waals surface area contributed by atoms with Gasteiger partial charge in [-0.3, -0.25) is 9.59 Å². The maximum Gasteiger partial charge on any atom is 0.320 e. The van der Waals surface area contributed by atoms with E-state index in [4.69, 9.17) is 9.47 Å². The number of hydrogen-bond donors (Lipinski definition) is 1. The SMILES string of the molecule is C[C@H]1C(=O)C23CC1CC[C@H]2C12[C@H](O)OC[C@@H]1C(C)(C)CC[C@@H]2OC3=O. The number of aliphatic hydroxyl groups excluding tert-OH is 1. The highest BCUT2D eigenvalue weighted by molar-refractivity contribution is 6.07. The van der Waals surface area contributed by atoms with Crippen LogP contribution in [0.4, 0.5) is 0 Å². The third kappa shape index (κ3) is 1.60. The highest BCUT2D eigenvalue weighted by Crippen LogP contribution is 2.71. The van der Waals surface area contributed by atoms with Gasteiger partial charge in [-0.05, 0) is 49.4 Å². The lowest BCUT2D eigenvalue weighted by molar-refractivity contribution is -0.267. The van der Waals surface area contributed by atoms with Gasteiger partial charge in [-0.25, -0.2) is 0 Å². The van der Waals surface area contributed by atoms with Gasteiger partial charge in [0.1, 0.15) is 11.5 Å². The Hall–Kier alpha value is -0.940. The molecule has 2 aliphatic heterocycles. The van der Waals surface area contributed by atoms with Gasteiger partial charge in [0.25, 0.3) is 0 Å². The molecule has 2 heterocycles. The van der Waals surface area contributed by atoms with E-state index in [-0.39, 0.29) is 46.9 Å². The molecule has 5 fully saturated rings. The van der Waals surface area contributed by atoms with Crippen LogP contribution in [0.5, 0.6) is 0 Å². The summed E-state index contributed by atoms with van der Waals surface area (Å²) in [5.41, 5.74) is -1.66. The predicted molar refractivity (Wildman–Crippen MR) is 88.2 cm³/mol. The molecule has 2 bridgehead atoms. The fourth-order valence-electron chi connectivity index (χ4n) is 7.50. The van der Waals surface area contributed by atoms with Crippen LogP contribution in [-0.2, 0) is 19.1 Å². The summed E-state index contributed by atoms with van der Waals surface area (Å²) in [4.78, 5) is 26.4. The first-order valence-corrected chi connectivity index (χ1v) is 9.81. The van der Waals surface area contributed by atoms with E-state index in [1.54, 1.807) is 0 Å². The van der Waals surface area contributed by atoms with Crippen molar-refractivity contribution in [3.63, 3.8) is 0 Å². The molecular formula is C20H28O5. The summed E-state index contributed by atoms with van der Waals surface area (Å²) in [6.45, 7) is 6.91. The molecule has 5 rings (SSSR count). The van der Waals surface area contributed by atoms with Crippen molar-refractivity contribution >= 4 is 11.8 Å². The number of hydrogen-bond acceptors (Lipinski definition) is 5. The minimum Gasteiger partial charge on any atom is -0.461 e. The molecule has 3 aliphatic carbocycles. The average Bonchev–Trinajstić information content (AvgIpc) is 3.01. The largest absolute Gasteiger partial charge is 0.461 e. The molecule has 5 nitrogen and oxygen atoms in total. The van der Waals surface area contributed by atoms with Crippen LogP contribution in [0, 0.1) is 39.9 Å². The second-order valence-corrected chi connectivity index (χ2v) is 9.88. The first-order valence-electron chi connectivity index (χ1n) is 9.81. The predicted octanol–water partition coefficient (Wildman–Crippen LogP) is 2.30. The topological polar surface area (TPSA) is 72.8 Å². The van der Waals surface area contributed by atoms with Crippen molar-refractivity contribution in [3.8, 4) is 0 Å². The fraction of sp³-hybridized carbons (Fsp3) is 0.900. The van der Waals surface area contributed by atoms with E-state index in [0.29, 0.717) is 13.0 Å². The van der Waals surface area contributed by atoms with Gasteiger partial charge in [0, 0.05) is 11.8 Å². The van der Waals surface area contributed by atoms with Crippen LogP contribution in [0.3, 0.4) is 0 Å². The lowest BCUT2D eigenvalue weighted by Gasteiger charge is -2.62. The smallest absolute Gasteiger partial charge is 0.320 e. The van der Waals surface area contributed by atoms with Crippen molar-refractivity contribution < 1.29 is 24.2 Å². The van der Waals surface area contributed by atoms with Crippen LogP contribution >= 0.6 is 0 Å². The van der Waals surface area contributed by atoms with Crippen LogP contribution in [-0.4, -0.2) is 35.9 Å². The lowest BCUT2D eigenvalue weighted by Crippen LogP contribution is -2.69. The monoisotopic (exact) mass is 348 g/mol. The number of esters is 1. The third-order valence-corrected chi connectivity index (χ3v) is 8.79. The minimum absolute atomic E-state index is 0.00301. The molecule has 0 radical (unpaired) electrons. The molecule has 3 unspecified atom stereocenters. The summed E-state index contributed by atoms with van der Waals surface area (Å²) in [5.74, 6) is -0.103. The van der Waals surface area contributed by atoms with Gasteiger partial charge < -0.3 is 14.6 Å². The van der Waals surface area contributed by atoms with Crippen LogP contribution < -0.4 is 0 Å². The van der Waals surface area contributed by atoms with Gasteiger partial charge in [0.2, 0.25) is 0 Å². The van der Waals surface area contributed by atoms with Gasteiger partial charge in [-0.15, -0.1) is 0 Å². The Balaban J connectivity index is 1.72. The van der Waals surface area contributed by atoms with Gasteiger partial charge >= 0.3 is 5.97 Å². The number of Topliss-reactive ketones (excluding diaryl/α,β-unsaturated/α-hetero) is 1. The first-order chi connectivity index (χ1) is 11.8. The Morgan fingerprint density at radius 3 is 2.64 bits per heavy atom. The highest BCUT2D eigenvalue weighted by Gasteiger charge is 2.78. The molecule has 3 saturated carbocycles. The average molecular weight is 348 g/mol. The molecule has 2 saturated heterocycles. The summed E-state index contributed by atoms with van der Waals surface area (Å²) in [6, 6.07) is 0. The minimum atomic E-state index is -1.04. The maximum atomic E-state index is 13.3. The van der Waals surface area contributed by atoms with E-state index >= 15 is 0 Å². The molecule has 0 aromatic heterocycles. The molecule has 2 spiro atoms. The number of fused-ring (bicyclic) bond motifs is 1. The van der Waals surface area contributed by atoms with Crippen molar-refractivity contribution in [3.05, 3.63) is 0 Å². The molecule has 0 aromatic rings. The van der Waals surface area contributed by atoms with E-state index in [1.807, 2.05) is 6.92 Å². The van der Waals surface area contributed by atoms with E-state index in [1.165, 1.54) is 0 Å².